The quantitative estimate of drug-likeness (QED) is 0.889. The minimum absolute atomic E-state index is 0.113. The molecule has 2 aliphatic rings. The van der Waals surface area contributed by atoms with Gasteiger partial charge in [-0.25, -0.2) is 0 Å². The fourth-order valence-electron chi connectivity index (χ4n) is 4.27. The molecule has 1 N–H and O–H groups in total. The summed E-state index contributed by atoms with van der Waals surface area (Å²) in [6, 6.07) is 8.29. The number of piperidine rings is 1. The number of aliphatic hydroxyl groups excluding tert-OH is 1. The molecule has 3 nitrogen and oxygen atoms in total. The van der Waals surface area contributed by atoms with Crippen molar-refractivity contribution < 1.29 is 9.90 Å². The van der Waals surface area contributed by atoms with Gasteiger partial charge in [0.25, 0.3) is 0 Å². The zero-order valence-corrected chi connectivity index (χ0v) is 14.8. The van der Waals surface area contributed by atoms with Gasteiger partial charge in [0.2, 0.25) is 5.91 Å². The minimum Gasteiger partial charge on any atom is -0.392 e. The van der Waals surface area contributed by atoms with Crippen LogP contribution in [0.1, 0.15) is 62.5 Å². The van der Waals surface area contributed by atoms with Crippen LogP contribution in [0.3, 0.4) is 0 Å². The summed E-state index contributed by atoms with van der Waals surface area (Å²) in [4.78, 5) is 14.6. The Bertz CT molecular complexity index is 511. The van der Waals surface area contributed by atoms with E-state index in [1.54, 1.807) is 0 Å². The Kier molecular flexibility index (Phi) is 6.30. The summed E-state index contributed by atoms with van der Waals surface area (Å²) in [5.41, 5.74) is 2.32. The number of carbonyl (C=O) groups excluding carboxylic acids is 1. The second-order valence-electron chi connectivity index (χ2n) is 7.71. The second-order valence-corrected chi connectivity index (χ2v) is 7.71. The predicted molar refractivity (Wildman–Crippen MR) is 96.6 cm³/mol. The van der Waals surface area contributed by atoms with E-state index in [9.17, 15) is 4.79 Å². The van der Waals surface area contributed by atoms with Gasteiger partial charge in [-0.3, -0.25) is 4.79 Å². The maximum absolute atomic E-state index is 12.5. The molecule has 132 valence electrons. The van der Waals surface area contributed by atoms with E-state index in [0.29, 0.717) is 17.7 Å². The summed E-state index contributed by atoms with van der Waals surface area (Å²) < 4.78 is 0. The molecule has 1 aromatic carbocycles. The molecule has 0 spiro atoms. The largest absolute Gasteiger partial charge is 0.392 e. The van der Waals surface area contributed by atoms with Crippen molar-refractivity contribution in [1.29, 1.82) is 0 Å². The van der Waals surface area contributed by atoms with Crippen LogP contribution in [-0.2, 0) is 17.8 Å². The molecule has 1 saturated carbocycles. The van der Waals surface area contributed by atoms with Crippen molar-refractivity contribution in [3.63, 3.8) is 0 Å². The lowest BCUT2D eigenvalue weighted by Crippen LogP contribution is -2.39. The van der Waals surface area contributed by atoms with E-state index in [0.717, 1.165) is 44.3 Å². The number of likely N-dealkylation sites (tertiary alicyclic amines) is 1. The molecule has 24 heavy (non-hydrogen) atoms. The highest BCUT2D eigenvalue weighted by Gasteiger charge is 2.25. The third-order valence-electron chi connectivity index (χ3n) is 5.89. The Morgan fingerprint density at radius 1 is 0.917 bits per heavy atom. The van der Waals surface area contributed by atoms with Gasteiger partial charge in [-0.15, -0.1) is 0 Å². The van der Waals surface area contributed by atoms with Crippen molar-refractivity contribution in [2.24, 2.45) is 11.8 Å². The molecule has 3 rings (SSSR count). The Morgan fingerprint density at radius 2 is 1.54 bits per heavy atom. The lowest BCUT2D eigenvalue weighted by atomic mass is 9.86. The van der Waals surface area contributed by atoms with E-state index in [-0.39, 0.29) is 6.61 Å². The Hall–Kier alpha value is -1.35. The number of hydrogen-bond acceptors (Lipinski definition) is 2. The van der Waals surface area contributed by atoms with Crippen LogP contribution < -0.4 is 0 Å². The third-order valence-corrected chi connectivity index (χ3v) is 5.89. The molecule has 1 aliphatic heterocycles. The average Bonchev–Trinajstić information content (AvgIpc) is 2.64. The Balaban J connectivity index is 1.42. The van der Waals surface area contributed by atoms with Gasteiger partial charge >= 0.3 is 0 Å². The van der Waals surface area contributed by atoms with Gasteiger partial charge in [0.1, 0.15) is 0 Å². The van der Waals surface area contributed by atoms with E-state index in [4.69, 9.17) is 5.11 Å². The van der Waals surface area contributed by atoms with Crippen molar-refractivity contribution in [3.05, 3.63) is 35.4 Å². The van der Waals surface area contributed by atoms with Crippen LogP contribution in [0.5, 0.6) is 0 Å². The highest BCUT2D eigenvalue weighted by molar-refractivity contribution is 5.76. The molecule has 0 bridgehead atoms. The number of hydrogen-bond donors (Lipinski definition) is 1. The van der Waals surface area contributed by atoms with Crippen molar-refractivity contribution in [2.45, 2.75) is 64.4 Å². The molecular formula is C21H31NO2. The fraction of sp³-hybridized carbons (Fsp3) is 0.667. The first-order valence-corrected chi connectivity index (χ1v) is 9.71. The van der Waals surface area contributed by atoms with Crippen LogP contribution in [0.25, 0.3) is 0 Å². The molecule has 1 saturated heterocycles. The molecule has 1 amide bonds. The highest BCUT2D eigenvalue weighted by atomic mass is 16.3. The Labute approximate surface area is 146 Å². The molecule has 0 aromatic heterocycles. The van der Waals surface area contributed by atoms with Gasteiger partial charge < -0.3 is 10.0 Å². The summed E-state index contributed by atoms with van der Waals surface area (Å²) in [7, 11) is 0. The van der Waals surface area contributed by atoms with Gasteiger partial charge in [-0.05, 0) is 55.1 Å². The number of aliphatic hydroxyl groups is 1. The van der Waals surface area contributed by atoms with E-state index in [1.165, 1.54) is 37.7 Å². The van der Waals surface area contributed by atoms with Crippen molar-refractivity contribution in [1.82, 2.24) is 4.90 Å². The predicted octanol–water partition coefficient (Wildman–Crippen LogP) is 3.93. The van der Waals surface area contributed by atoms with Crippen LogP contribution in [0.4, 0.5) is 0 Å². The molecule has 1 heterocycles. The van der Waals surface area contributed by atoms with Gasteiger partial charge in [0.05, 0.1) is 6.61 Å². The van der Waals surface area contributed by atoms with E-state index >= 15 is 0 Å². The van der Waals surface area contributed by atoms with E-state index in [2.05, 4.69) is 17.0 Å². The smallest absolute Gasteiger partial charge is 0.222 e. The molecule has 0 unspecified atom stereocenters. The first-order chi connectivity index (χ1) is 11.7. The lowest BCUT2D eigenvalue weighted by Gasteiger charge is -2.33. The Morgan fingerprint density at radius 3 is 2.17 bits per heavy atom. The normalized spacial score (nSPS) is 20.3. The monoisotopic (exact) mass is 329 g/mol. The maximum atomic E-state index is 12.5. The summed E-state index contributed by atoms with van der Waals surface area (Å²) in [6.45, 7) is 1.98. The first-order valence-electron chi connectivity index (χ1n) is 9.71. The fourth-order valence-corrected chi connectivity index (χ4v) is 4.27. The minimum atomic E-state index is 0.113. The van der Waals surface area contributed by atoms with E-state index in [1.807, 2.05) is 12.1 Å². The number of nitrogens with zero attached hydrogens (tertiary/aromatic N) is 1. The number of rotatable bonds is 5. The van der Waals surface area contributed by atoms with E-state index < -0.39 is 0 Å². The maximum Gasteiger partial charge on any atom is 0.222 e. The van der Waals surface area contributed by atoms with Crippen LogP contribution in [0, 0.1) is 11.8 Å². The molecule has 1 aromatic rings. The van der Waals surface area contributed by atoms with Gasteiger partial charge in [-0.2, -0.15) is 0 Å². The molecule has 3 heteroatoms. The number of benzene rings is 1. The number of carbonyl (C=O) groups is 1. The van der Waals surface area contributed by atoms with Gasteiger partial charge in [0, 0.05) is 19.5 Å². The van der Waals surface area contributed by atoms with Crippen LogP contribution in [0.15, 0.2) is 24.3 Å². The topological polar surface area (TPSA) is 40.5 Å². The molecule has 0 atom stereocenters. The standard InChI is InChI=1S/C21H31NO2/c23-16-20-8-6-18(7-9-20)14-19-10-12-22(13-11-19)21(24)15-17-4-2-1-3-5-17/h6-9,17,19,23H,1-5,10-16H2. The van der Waals surface area contributed by atoms with Crippen LogP contribution in [-0.4, -0.2) is 29.0 Å². The molecule has 1 aliphatic carbocycles. The zero-order valence-electron chi connectivity index (χ0n) is 14.8. The highest BCUT2D eigenvalue weighted by Crippen LogP contribution is 2.28. The average molecular weight is 329 g/mol. The van der Waals surface area contributed by atoms with Crippen LogP contribution in [0.2, 0.25) is 0 Å². The molecule has 2 fully saturated rings. The summed E-state index contributed by atoms with van der Waals surface area (Å²) in [5, 5.41) is 9.11. The summed E-state index contributed by atoms with van der Waals surface area (Å²) in [5.74, 6) is 1.73. The third kappa shape index (κ3) is 4.83. The number of amides is 1. The second kappa shape index (κ2) is 8.66. The van der Waals surface area contributed by atoms with Crippen LogP contribution >= 0.6 is 0 Å². The van der Waals surface area contributed by atoms with Crippen molar-refractivity contribution in [2.75, 3.05) is 13.1 Å². The SMILES string of the molecule is O=C(CC1CCCCC1)N1CCC(Cc2ccc(CO)cc2)CC1. The van der Waals surface area contributed by atoms with Crippen molar-refractivity contribution >= 4 is 5.91 Å². The van der Waals surface area contributed by atoms with Gasteiger partial charge in [0.15, 0.2) is 0 Å². The lowest BCUT2D eigenvalue weighted by molar-refractivity contribution is -0.133. The molecular weight excluding hydrogens is 298 g/mol. The van der Waals surface area contributed by atoms with Crippen molar-refractivity contribution in [3.8, 4) is 0 Å². The first kappa shape index (κ1) is 17.5. The zero-order chi connectivity index (χ0) is 16.8. The molecule has 0 radical (unpaired) electrons. The van der Waals surface area contributed by atoms with Gasteiger partial charge in [-0.1, -0.05) is 43.5 Å². The summed E-state index contributed by atoms with van der Waals surface area (Å²) >= 11 is 0. The summed E-state index contributed by atoms with van der Waals surface area (Å²) in [6.07, 6.45) is 10.6.